The Morgan fingerprint density at radius 2 is 2.17 bits per heavy atom. The number of amides is 1. The van der Waals surface area contributed by atoms with Crippen molar-refractivity contribution in [2.24, 2.45) is 0 Å². The number of imidazole rings is 1. The molecule has 0 atom stereocenters. The molecule has 0 saturated heterocycles. The first kappa shape index (κ1) is 16.1. The molecular weight excluding hydrogens is 324 g/mol. The minimum Gasteiger partial charge on any atom is -0.368 e. The van der Waals surface area contributed by atoms with E-state index in [9.17, 15) is 4.79 Å². The highest BCUT2D eigenvalue weighted by atomic mass is 32.1. The first-order chi connectivity index (χ1) is 11.6. The van der Waals surface area contributed by atoms with Gasteiger partial charge in [0.1, 0.15) is 23.3 Å². The number of carbonyl (C=O) groups excluding carboxylic acids is 1. The van der Waals surface area contributed by atoms with Gasteiger partial charge >= 0.3 is 0 Å². The predicted octanol–water partition coefficient (Wildman–Crippen LogP) is 2.18. The molecule has 3 aromatic rings. The predicted molar refractivity (Wildman–Crippen MR) is 93.8 cm³/mol. The fourth-order valence-electron chi connectivity index (χ4n) is 2.25. The lowest BCUT2D eigenvalue weighted by Gasteiger charge is -2.10. The van der Waals surface area contributed by atoms with Gasteiger partial charge < -0.3 is 10.6 Å². The van der Waals surface area contributed by atoms with Crippen molar-refractivity contribution in [1.29, 1.82) is 0 Å². The molecule has 124 valence electrons. The highest BCUT2D eigenvalue weighted by molar-refractivity contribution is 7.12. The zero-order valence-electron chi connectivity index (χ0n) is 13.5. The van der Waals surface area contributed by atoms with E-state index in [0.29, 0.717) is 23.8 Å². The molecule has 0 aliphatic heterocycles. The smallest absolute Gasteiger partial charge is 0.261 e. The first-order valence-corrected chi connectivity index (χ1v) is 8.43. The molecule has 3 rings (SSSR count). The van der Waals surface area contributed by atoms with Crippen molar-refractivity contribution >= 4 is 23.1 Å². The van der Waals surface area contributed by atoms with Gasteiger partial charge in [-0.1, -0.05) is 6.07 Å². The van der Waals surface area contributed by atoms with Gasteiger partial charge in [0, 0.05) is 31.5 Å². The van der Waals surface area contributed by atoms with Gasteiger partial charge in [-0.3, -0.25) is 9.36 Å². The summed E-state index contributed by atoms with van der Waals surface area (Å²) in [4.78, 5) is 25.6. The summed E-state index contributed by atoms with van der Waals surface area (Å²) >= 11 is 1.43. The van der Waals surface area contributed by atoms with E-state index >= 15 is 0 Å². The van der Waals surface area contributed by atoms with Gasteiger partial charge in [0.05, 0.1) is 4.88 Å². The highest BCUT2D eigenvalue weighted by Gasteiger charge is 2.07. The number of hydrogen-bond donors (Lipinski definition) is 2. The lowest BCUT2D eigenvalue weighted by molar-refractivity contribution is 0.0959. The largest absolute Gasteiger partial charge is 0.368 e. The normalized spacial score (nSPS) is 10.6. The van der Waals surface area contributed by atoms with E-state index in [-0.39, 0.29) is 5.91 Å². The van der Waals surface area contributed by atoms with Crippen LogP contribution in [0.2, 0.25) is 0 Å². The lowest BCUT2D eigenvalue weighted by atomic mass is 10.4. The number of aryl methyl sites for hydroxylation is 2. The second kappa shape index (κ2) is 7.22. The van der Waals surface area contributed by atoms with E-state index in [1.807, 2.05) is 42.1 Å². The maximum absolute atomic E-state index is 11.9. The van der Waals surface area contributed by atoms with Crippen molar-refractivity contribution in [3.05, 3.63) is 52.5 Å². The Morgan fingerprint density at radius 1 is 1.29 bits per heavy atom. The first-order valence-electron chi connectivity index (χ1n) is 7.55. The molecule has 0 bridgehead atoms. The number of nitrogens with zero attached hydrogens (tertiary/aromatic N) is 4. The maximum Gasteiger partial charge on any atom is 0.261 e. The van der Waals surface area contributed by atoms with Gasteiger partial charge in [0.2, 0.25) is 0 Å². The van der Waals surface area contributed by atoms with E-state index in [1.165, 1.54) is 11.3 Å². The second-order valence-electron chi connectivity index (χ2n) is 5.16. The molecule has 1 amide bonds. The van der Waals surface area contributed by atoms with Gasteiger partial charge in [-0.05, 0) is 25.3 Å². The van der Waals surface area contributed by atoms with Gasteiger partial charge in [-0.25, -0.2) is 15.0 Å². The molecule has 0 saturated carbocycles. The van der Waals surface area contributed by atoms with E-state index in [1.54, 1.807) is 12.3 Å². The van der Waals surface area contributed by atoms with Gasteiger partial charge in [-0.2, -0.15) is 0 Å². The van der Waals surface area contributed by atoms with Crippen molar-refractivity contribution in [3.8, 4) is 5.82 Å². The Hall–Kier alpha value is -2.74. The molecule has 0 aliphatic carbocycles. The zero-order chi connectivity index (χ0) is 16.9. The Labute approximate surface area is 143 Å². The third-order valence-corrected chi connectivity index (χ3v) is 4.23. The second-order valence-corrected chi connectivity index (χ2v) is 6.11. The molecule has 3 aromatic heterocycles. The van der Waals surface area contributed by atoms with Crippen LogP contribution < -0.4 is 10.6 Å². The molecule has 7 nitrogen and oxygen atoms in total. The highest BCUT2D eigenvalue weighted by Crippen LogP contribution is 2.12. The summed E-state index contributed by atoms with van der Waals surface area (Å²) in [6.07, 6.45) is 3.60. The van der Waals surface area contributed by atoms with Crippen LogP contribution in [0.4, 0.5) is 5.82 Å². The van der Waals surface area contributed by atoms with E-state index in [2.05, 4.69) is 25.6 Å². The summed E-state index contributed by atoms with van der Waals surface area (Å²) in [6, 6.07) is 5.53. The van der Waals surface area contributed by atoms with Crippen LogP contribution in [0.15, 0.2) is 36.0 Å². The van der Waals surface area contributed by atoms with Crippen LogP contribution in [-0.2, 0) is 0 Å². The average molecular weight is 342 g/mol. The van der Waals surface area contributed by atoms with E-state index in [4.69, 9.17) is 0 Å². The molecule has 3 heterocycles. The monoisotopic (exact) mass is 342 g/mol. The topological polar surface area (TPSA) is 84.7 Å². The van der Waals surface area contributed by atoms with Crippen molar-refractivity contribution in [3.63, 3.8) is 0 Å². The third-order valence-electron chi connectivity index (χ3n) is 3.36. The molecule has 0 spiro atoms. The summed E-state index contributed by atoms with van der Waals surface area (Å²) < 4.78 is 1.90. The Balaban J connectivity index is 1.58. The minimum atomic E-state index is -0.0552. The molecule has 0 fully saturated rings. The molecule has 24 heavy (non-hydrogen) atoms. The molecule has 0 aromatic carbocycles. The van der Waals surface area contributed by atoms with Crippen molar-refractivity contribution in [1.82, 2.24) is 24.8 Å². The summed E-state index contributed by atoms with van der Waals surface area (Å²) in [5.74, 6) is 2.96. The van der Waals surface area contributed by atoms with Crippen LogP contribution in [0.3, 0.4) is 0 Å². The van der Waals surface area contributed by atoms with E-state index in [0.717, 1.165) is 17.5 Å². The summed E-state index contributed by atoms with van der Waals surface area (Å²) in [5, 5.41) is 7.97. The molecule has 8 heteroatoms. The number of anilines is 1. The van der Waals surface area contributed by atoms with Gasteiger partial charge in [-0.15, -0.1) is 11.3 Å². The Kier molecular flexibility index (Phi) is 4.85. The Bertz CT molecular complexity index is 827. The number of aromatic nitrogens is 4. The van der Waals surface area contributed by atoms with Crippen LogP contribution in [0.5, 0.6) is 0 Å². The fourth-order valence-corrected chi connectivity index (χ4v) is 2.89. The maximum atomic E-state index is 11.9. The third kappa shape index (κ3) is 3.77. The summed E-state index contributed by atoms with van der Waals surface area (Å²) in [7, 11) is 0. The van der Waals surface area contributed by atoms with Crippen LogP contribution >= 0.6 is 11.3 Å². The van der Waals surface area contributed by atoms with Crippen molar-refractivity contribution in [2.45, 2.75) is 13.8 Å². The Morgan fingerprint density at radius 3 is 2.88 bits per heavy atom. The van der Waals surface area contributed by atoms with Crippen LogP contribution in [0, 0.1) is 13.8 Å². The summed E-state index contributed by atoms with van der Waals surface area (Å²) in [6.45, 7) is 4.86. The number of thiophene rings is 1. The molecule has 0 aliphatic rings. The number of carbonyl (C=O) groups is 1. The number of hydrogen-bond acceptors (Lipinski definition) is 6. The SMILES string of the molecule is Cc1nc(NCCNC(=O)c2cccs2)cc(-n2ccnc2C)n1. The molecular formula is C16H18N6OS. The van der Waals surface area contributed by atoms with Gasteiger partial charge in [0.15, 0.2) is 0 Å². The van der Waals surface area contributed by atoms with Crippen molar-refractivity contribution < 1.29 is 4.79 Å². The minimum absolute atomic E-state index is 0.0552. The van der Waals surface area contributed by atoms with Crippen LogP contribution in [0.1, 0.15) is 21.3 Å². The lowest BCUT2D eigenvalue weighted by Crippen LogP contribution is -2.28. The molecule has 0 radical (unpaired) electrons. The number of nitrogens with one attached hydrogen (secondary N) is 2. The van der Waals surface area contributed by atoms with E-state index < -0.39 is 0 Å². The van der Waals surface area contributed by atoms with Crippen LogP contribution in [0.25, 0.3) is 5.82 Å². The summed E-state index contributed by atoms with van der Waals surface area (Å²) in [5.41, 5.74) is 0. The quantitative estimate of drug-likeness (QED) is 0.671. The molecule has 2 N–H and O–H groups in total. The molecule has 0 unspecified atom stereocenters. The standard InChI is InChI=1S/C16H18N6OS/c1-11-20-14(10-15(21-11)22-8-7-17-12(22)2)18-5-6-19-16(23)13-4-3-9-24-13/h3-4,7-10H,5-6H2,1-2H3,(H,19,23)(H,18,20,21). The van der Waals surface area contributed by atoms with Crippen molar-refractivity contribution in [2.75, 3.05) is 18.4 Å². The zero-order valence-corrected chi connectivity index (χ0v) is 14.3. The fraction of sp³-hybridized carbons (Fsp3) is 0.250. The van der Waals surface area contributed by atoms with Gasteiger partial charge in [0.25, 0.3) is 5.91 Å². The average Bonchev–Trinajstić information content (AvgIpc) is 3.22. The number of rotatable bonds is 6. The van der Waals surface area contributed by atoms with Crippen LogP contribution in [-0.4, -0.2) is 38.5 Å².